The molecule has 0 aliphatic carbocycles. The first kappa shape index (κ1) is 15.4. The minimum atomic E-state index is -0.223. The van der Waals surface area contributed by atoms with E-state index in [2.05, 4.69) is 0 Å². The minimum Gasteiger partial charge on any atom is -1.00 e. The number of esters is 1. The van der Waals surface area contributed by atoms with Gasteiger partial charge in [0, 0.05) is 11.1 Å². The molecule has 0 atom stereocenters. The number of nitrogens with zero attached hydrogens (tertiary/aromatic N) is 1. The third-order valence-electron chi connectivity index (χ3n) is 2.20. The van der Waals surface area contributed by atoms with Crippen molar-refractivity contribution in [3.05, 3.63) is 28.7 Å². The largest absolute Gasteiger partial charge is 1.00 e. The number of carbonyl (C=O) groups is 1. The van der Waals surface area contributed by atoms with Crippen molar-refractivity contribution in [2.45, 2.75) is 26.5 Å². The molecule has 0 radical (unpaired) electrons. The van der Waals surface area contributed by atoms with Crippen LogP contribution in [0.4, 0.5) is 0 Å². The maximum Gasteiger partial charge on any atom is 0.372 e. The van der Waals surface area contributed by atoms with Crippen molar-refractivity contribution in [2.24, 2.45) is 0 Å². The van der Waals surface area contributed by atoms with Gasteiger partial charge in [-0.3, -0.25) is 0 Å². The molecule has 18 heavy (non-hydrogen) atoms. The fraction of sp³-hybridized carbons (Fsp3) is 0.333. The van der Waals surface area contributed by atoms with Gasteiger partial charge in [0.25, 0.3) is 0 Å². The molecule has 0 bridgehead atoms. The van der Waals surface area contributed by atoms with E-state index in [1.54, 1.807) is 11.3 Å². The van der Waals surface area contributed by atoms with E-state index < -0.39 is 0 Å². The quantitative estimate of drug-likeness (QED) is 0.567. The summed E-state index contributed by atoms with van der Waals surface area (Å²) in [5.74, 6) is -0.223. The van der Waals surface area contributed by atoms with Gasteiger partial charge in [-0.1, -0.05) is 22.9 Å². The van der Waals surface area contributed by atoms with Crippen molar-refractivity contribution < 1.29 is 31.1 Å². The number of hydrogen-bond acceptors (Lipinski definition) is 3. The first-order valence-electron chi connectivity index (χ1n) is 5.32. The first-order valence-corrected chi connectivity index (χ1v) is 6.57. The standard InChI is InChI=1S/C12H13ClNO2S.BrH/c1-8(2)16-12(15)6-14-7-17-11-5-9(13)3-4-10(11)14;/h3-5,7-8H,6H2,1-2H3;1H/q+1;/p-1. The van der Waals surface area contributed by atoms with Crippen molar-refractivity contribution in [1.29, 1.82) is 0 Å². The zero-order chi connectivity index (χ0) is 12.4. The Labute approximate surface area is 125 Å². The third-order valence-corrected chi connectivity index (χ3v) is 3.38. The summed E-state index contributed by atoms with van der Waals surface area (Å²) in [7, 11) is 0. The fourth-order valence-electron chi connectivity index (χ4n) is 1.56. The zero-order valence-corrected chi connectivity index (χ0v) is 13.2. The van der Waals surface area contributed by atoms with Crippen LogP contribution in [-0.2, 0) is 16.1 Å². The van der Waals surface area contributed by atoms with E-state index in [9.17, 15) is 4.79 Å². The third kappa shape index (κ3) is 3.67. The molecule has 0 amide bonds. The van der Waals surface area contributed by atoms with Gasteiger partial charge in [0.15, 0.2) is 0 Å². The molecular weight excluding hydrogens is 338 g/mol. The number of rotatable bonds is 3. The molecule has 0 aliphatic rings. The Bertz CT molecular complexity index is 556. The number of fused-ring (bicyclic) bond motifs is 1. The summed E-state index contributed by atoms with van der Waals surface area (Å²) in [5, 5.41) is 0.705. The lowest BCUT2D eigenvalue weighted by molar-refractivity contribution is -0.655. The molecule has 0 unspecified atom stereocenters. The molecule has 0 saturated carbocycles. The van der Waals surface area contributed by atoms with Gasteiger partial charge < -0.3 is 21.7 Å². The molecule has 2 rings (SSSR count). The number of carbonyl (C=O) groups excluding carboxylic acids is 1. The highest BCUT2D eigenvalue weighted by atomic mass is 79.9. The lowest BCUT2D eigenvalue weighted by atomic mass is 10.3. The van der Waals surface area contributed by atoms with Crippen LogP contribution in [-0.4, -0.2) is 12.1 Å². The number of aromatic nitrogens is 1. The SMILES string of the molecule is CC(C)OC(=O)C[n+]1csc2cc(Cl)ccc21.[Br-]. The summed E-state index contributed by atoms with van der Waals surface area (Å²) in [6, 6.07) is 5.63. The highest BCUT2D eigenvalue weighted by Gasteiger charge is 2.17. The highest BCUT2D eigenvalue weighted by Crippen LogP contribution is 2.20. The predicted octanol–water partition coefficient (Wildman–Crippen LogP) is -0.202. The summed E-state index contributed by atoms with van der Waals surface area (Å²) in [5.41, 5.74) is 2.91. The molecule has 3 nitrogen and oxygen atoms in total. The molecule has 0 fully saturated rings. The van der Waals surface area contributed by atoms with E-state index in [0.717, 1.165) is 10.2 Å². The van der Waals surface area contributed by atoms with Gasteiger partial charge in [0.05, 0.1) is 6.10 Å². The summed E-state index contributed by atoms with van der Waals surface area (Å²) in [6.45, 7) is 3.92. The first-order chi connectivity index (χ1) is 8.06. The summed E-state index contributed by atoms with van der Waals surface area (Å²) < 4.78 is 8.06. The van der Waals surface area contributed by atoms with E-state index in [4.69, 9.17) is 16.3 Å². The van der Waals surface area contributed by atoms with Gasteiger partial charge >= 0.3 is 5.97 Å². The van der Waals surface area contributed by atoms with Crippen molar-refractivity contribution in [1.82, 2.24) is 0 Å². The number of hydrogen-bond donors (Lipinski definition) is 0. The average Bonchev–Trinajstić information content (AvgIpc) is 2.59. The van der Waals surface area contributed by atoms with Gasteiger partial charge in [-0.25, -0.2) is 4.79 Å². The second-order valence-corrected chi connectivity index (χ2v) is 5.32. The minimum absolute atomic E-state index is 0. The molecule has 0 saturated heterocycles. The summed E-state index contributed by atoms with van der Waals surface area (Å²) in [4.78, 5) is 11.6. The Kier molecular flexibility index (Phi) is 5.56. The molecular formula is C12H13BrClNO2S. The van der Waals surface area contributed by atoms with Crippen LogP contribution >= 0.6 is 22.9 Å². The normalized spacial score (nSPS) is 10.4. The monoisotopic (exact) mass is 349 g/mol. The molecule has 0 aliphatic heterocycles. The van der Waals surface area contributed by atoms with Crippen molar-refractivity contribution in [3.63, 3.8) is 0 Å². The highest BCUT2D eigenvalue weighted by molar-refractivity contribution is 7.16. The van der Waals surface area contributed by atoms with Crippen LogP contribution < -0.4 is 21.5 Å². The van der Waals surface area contributed by atoms with Crippen molar-refractivity contribution >= 4 is 39.1 Å². The van der Waals surface area contributed by atoms with E-state index >= 15 is 0 Å². The van der Waals surface area contributed by atoms with Crippen LogP contribution in [0.1, 0.15) is 13.8 Å². The van der Waals surface area contributed by atoms with Crippen molar-refractivity contribution in [2.75, 3.05) is 0 Å². The Morgan fingerprint density at radius 2 is 2.22 bits per heavy atom. The Hall–Kier alpha value is -0.650. The molecule has 1 aromatic heterocycles. The second-order valence-electron chi connectivity index (χ2n) is 4.00. The van der Waals surface area contributed by atoms with E-state index in [0.29, 0.717) is 5.02 Å². The maximum absolute atomic E-state index is 11.6. The molecule has 2 aromatic rings. The van der Waals surface area contributed by atoms with Gasteiger partial charge in [-0.05, 0) is 26.0 Å². The molecule has 0 N–H and O–H groups in total. The van der Waals surface area contributed by atoms with E-state index in [1.807, 2.05) is 42.1 Å². The van der Waals surface area contributed by atoms with Gasteiger partial charge in [0.1, 0.15) is 4.70 Å². The topological polar surface area (TPSA) is 30.2 Å². The summed E-state index contributed by atoms with van der Waals surface area (Å²) >= 11 is 7.47. The second kappa shape index (κ2) is 6.50. The smallest absolute Gasteiger partial charge is 0.372 e. The van der Waals surface area contributed by atoms with Crippen LogP contribution in [0.3, 0.4) is 0 Å². The summed E-state index contributed by atoms with van der Waals surface area (Å²) in [6.07, 6.45) is -0.0811. The van der Waals surface area contributed by atoms with Crippen molar-refractivity contribution in [3.8, 4) is 0 Å². The van der Waals surface area contributed by atoms with Crippen LogP contribution in [0.15, 0.2) is 23.7 Å². The lowest BCUT2D eigenvalue weighted by Crippen LogP contribution is -3.00. The number of thiazole rings is 1. The Balaban J connectivity index is 0.00000162. The Morgan fingerprint density at radius 1 is 1.50 bits per heavy atom. The molecule has 6 heteroatoms. The maximum atomic E-state index is 11.6. The lowest BCUT2D eigenvalue weighted by Gasteiger charge is -2.04. The number of halogens is 2. The zero-order valence-electron chi connectivity index (χ0n) is 10.0. The molecule has 98 valence electrons. The molecule has 1 heterocycles. The average molecular weight is 351 g/mol. The van der Waals surface area contributed by atoms with Gasteiger partial charge in [0.2, 0.25) is 17.6 Å². The van der Waals surface area contributed by atoms with Crippen LogP contribution in [0, 0.1) is 0 Å². The number of benzene rings is 1. The van der Waals surface area contributed by atoms with Crippen LogP contribution in [0.5, 0.6) is 0 Å². The fourth-order valence-corrected chi connectivity index (χ4v) is 2.73. The Morgan fingerprint density at radius 3 is 2.89 bits per heavy atom. The molecule has 0 spiro atoms. The predicted molar refractivity (Wildman–Crippen MR) is 68.3 cm³/mol. The van der Waals surface area contributed by atoms with Crippen LogP contribution in [0.25, 0.3) is 10.2 Å². The molecule has 1 aromatic carbocycles. The van der Waals surface area contributed by atoms with Gasteiger partial charge in [-0.2, -0.15) is 4.57 Å². The number of ether oxygens (including phenoxy) is 1. The van der Waals surface area contributed by atoms with Gasteiger partial charge in [-0.15, -0.1) is 0 Å². The van der Waals surface area contributed by atoms with E-state index in [-0.39, 0.29) is 35.6 Å². The van der Waals surface area contributed by atoms with E-state index in [1.165, 1.54) is 0 Å². The van der Waals surface area contributed by atoms with Crippen LogP contribution in [0.2, 0.25) is 5.02 Å².